The fourth-order valence-corrected chi connectivity index (χ4v) is 3.35. The number of nitrogens with one attached hydrogen (secondary N) is 2. The maximum absolute atomic E-state index is 12.6. The minimum absolute atomic E-state index is 0.0471. The number of aryl methyl sites for hydroxylation is 2. The van der Waals surface area contributed by atoms with Crippen LogP contribution in [0.1, 0.15) is 24.5 Å². The molecule has 1 aliphatic rings. The maximum atomic E-state index is 12.6. The molecule has 0 aromatic heterocycles. The summed E-state index contributed by atoms with van der Waals surface area (Å²) in [7, 11) is 0. The highest BCUT2D eigenvalue weighted by atomic mass is 16.2. The number of hydrogen-bond donors (Lipinski definition) is 2. The van der Waals surface area contributed by atoms with E-state index in [2.05, 4.69) is 10.6 Å². The highest BCUT2D eigenvalue weighted by Crippen LogP contribution is 2.29. The molecule has 0 aliphatic carbocycles. The van der Waals surface area contributed by atoms with E-state index in [4.69, 9.17) is 0 Å². The second kappa shape index (κ2) is 7.61. The molecule has 3 rings (SSSR count). The average Bonchev–Trinajstić information content (AvgIpc) is 2.96. The molecule has 0 bridgehead atoms. The van der Waals surface area contributed by atoms with Gasteiger partial charge in [-0.05, 0) is 43.7 Å². The van der Waals surface area contributed by atoms with Crippen LogP contribution in [0.3, 0.4) is 0 Å². The summed E-state index contributed by atoms with van der Waals surface area (Å²) in [4.78, 5) is 37.9. The summed E-state index contributed by atoms with van der Waals surface area (Å²) in [5, 5.41) is 5.53. The Morgan fingerprint density at radius 3 is 2.41 bits per heavy atom. The number of hydrogen-bond acceptors (Lipinski definition) is 3. The van der Waals surface area contributed by atoms with E-state index in [-0.39, 0.29) is 24.1 Å². The molecule has 27 heavy (non-hydrogen) atoms. The summed E-state index contributed by atoms with van der Waals surface area (Å²) < 4.78 is 0. The van der Waals surface area contributed by atoms with Gasteiger partial charge in [0.05, 0.1) is 5.92 Å². The first-order valence-corrected chi connectivity index (χ1v) is 8.89. The van der Waals surface area contributed by atoms with Crippen molar-refractivity contribution >= 4 is 34.8 Å². The van der Waals surface area contributed by atoms with Crippen LogP contribution in [0.2, 0.25) is 0 Å². The summed E-state index contributed by atoms with van der Waals surface area (Å²) in [6.07, 6.45) is 0.185. The van der Waals surface area contributed by atoms with Crippen LogP contribution < -0.4 is 15.5 Å². The Balaban J connectivity index is 1.70. The van der Waals surface area contributed by atoms with Crippen molar-refractivity contribution in [2.75, 3.05) is 22.1 Å². The molecule has 140 valence electrons. The number of amides is 3. The van der Waals surface area contributed by atoms with Crippen molar-refractivity contribution in [3.8, 4) is 0 Å². The lowest BCUT2D eigenvalue weighted by Crippen LogP contribution is -2.28. The average molecular weight is 365 g/mol. The first-order valence-electron chi connectivity index (χ1n) is 8.89. The number of carbonyl (C=O) groups is 3. The molecular weight excluding hydrogens is 342 g/mol. The maximum Gasteiger partial charge on any atom is 0.229 e. The normalized spacial score (nSPS) is 16.3. The topological polar surface area (TPSA) is 78.5 Å². The second-order valence-corrected chi connectivity index (χ2v) is 6.95. The van der Waals surface area contributed by atoms with Gasteiger partial charge in [-0.15, -0.1) is 0 Å². The van der Waals surface area contributed by atoms with Gasteiger partial charge in [0.1, 0.15) is 0 Å². The minimum Gasteiger partial charge on any atom is -0.326 e. The third-order valence-corrected chi connectivity index (χ3v) is 4.59. The SMILES string of the molecule is CC(=O)Nc1cccc(NC(=O)[C@@H]2CC(=O)N(c3ccc(C)cc3C)C2)c1. The van der Waals surface area contributed by atoms with E-state index in [0.29, 0.717) is 17.9 Å². The van der Waals surface area contributed by atoms with Gasteiger partial charge in [0, 0.05) is 37.0 Å². The molecule has 6 nitrogen and oxygen atoms in total. The van der Waals surface area contributed by atoms with E-state index in [9.17, 15) is 14.4 Å². The Hall–Kier alpha value is -3.15. The lowest BCUT2D eigenvalue weighted by atomic mass is 10.1. The largest absolute Gasteiger partial charge is 0.326 e. The van der Waals surface area contributed by atoms with Gasteiger partial charge >= 0.3 is 0 Å². The van der Waals surface area contributed by atoms with E-state index in [0.717, 1.165) is 16.8 Å². The van der Waals surface area contributed by atoms with Crippen LogP contribution in [0.25, 0.3) is 0 Å². The van der Waals surface area contributed by atoms with Crippen molar-refractivity contribution in [1.29, 1.82) is 0 Å². The van der Waals surface area contributed by atoms with Gasteiger partial charge in [-0.1, -0.05) is 23.8 Å². The molecule has 1 aliphatic heterocycles. The number of benzene rings is 2. The van der Waals surface area contributed by atoms with Crippen molar-refractivity contribution < 1.29 is 14.4 Å². The fourth-order valence-electron chi connectivity index (χ4n) is 3.35. The molecule has 6 heteroatoms. The third-order valence-electron chi connectivity index (χ3n) is 4.59. The van der Waals surface area contributed by atoms with E-state index in [1.54, 1.807) is 29.2 Å². The number of rotatable bonds is 4. The second-order valence-electron chi connectivity index (χ2n) is 6.95. The fraction of sp³-hybridized carbons (Fsp3) is 0.286. The van der Waals surface area contributed by atoms with Crippen LogP contribution in [0, 0.1) is 19.8 Å². The highest BCUT2D eigenvalue weighted by Gasteiger charge is 2.35. The van der Waals surface area contributed by atoms with Gasteiger partial charge in [-0.3, -0.25) is 14.4 Å². The molecule has 0 unspecified atom stereocenters. The summed E-state index contributed by atoms with van der Waals surface area (Å²) in [5.41, 5.74) is 4.21. The van der Waals surface area contributed by atoms with Crippen molar-refractivity contribution in [2.45, 2.75) is 27.2 Å². The van der Waals surface area contributed by atoms with Gasteiger partial charge in [0.2, 0.25) is 17.7 Å². The molecule has 2 aromatic carbocycles. The van der Waals surface area contributed by atoms with Crippen LogP contribution in [-0.4, -0.2) is 24.3 Å². The number of nitrogens with zero attached hydrogens (tertiary/aromatic N) is 1. The van der Waals surface area contributed by atoms with Crippen molar-refractivity contribution in [2.24, 2.45) is 5.92 Å². The molecular formula is C21H23N3O3. The summed E-state index contributed by atoms with van der Waals surface area (Å²) in [6.45, 7) is 5.77. The first kappa shape index (κ1) is 18.6. The minimum atomic E-state index is -0.414. The van der Waals surface area contributed by atoms with Crippen LogP contribution in [0.4, 0.5) is 17.1 Å². The van der Waals surface area contributed by atoms with Gasteiger partial charge in [0.15, 0.2) is 0 Å². The third kappa shape index (κ3) is 4.34. The Bertz CT molecular complexity index is 907. The van der Waals surface area contributed by atoms with Crippen LogP contribution in [0.15, 0.2) is 42.5 Å². The predicted molar refractivity (Wildman–Crippen MR) is 106 cm³/mol. The molecule has 1 fully saturated rings. The van der Waals surface area contributed by atoms with Crippen molar-refractivity contribution in [1.82, 2.24) is 0 Å². The number of anilines is 3. The molecule has 2 aromatic rings. The zero-order valence-corrected chi connectivity index (χ0v) is 15.7. The molecule has 1 heterocycles. The monoisotopic (exact) mass is 365 g/mol. The molecule has 0 spiro atoms. The Kier molecular flexibility index (Phi) is 5.26. The van der Waals surface area contributed by atoms with Crippen LogP contribution >= 0.6 is 0 Å². The Labute approximate surface area is 158 Å². The van der Waals surface area contributed by atoms with Gasteiger partial charge in [-0.2, -0.15) is 0 Å². The Morgan fingerprint density at radius 2 is 1.74 bits per heavy atom. The summed E-state index contributed by atoms with van der Waals surface area (Å²) in [6, 6.07) is 12.9. The van der Waals surface area contributed by atoms with Crippen molar-refractivity contribution in [3.05, 3.63) is 53.6 Å². The lowest BCUT2D eigenvalue weighted by Gasteiger charge is -2.19. The van der Waals surface area contributed by atoms with Gasteiger partial charge in [-0.25, -0.2) is 0 Å². The zero-order valence-electron chi connectivity index (χ0n) is 15.7. The molecule has 3 amide bonds. The van der Waals surface area contributed by atoms with Gasteiger partial charge in [0.25, 0.3) is 0 Å². The molecule has 2 N–H and O–H groups in total. The van der Waals surface area contributed by atoms with Crippen LogP contribution in [0.5, 0.6) is 0 Å². The molecule has 1 saturated heterocycles. The predicted octanol–water partition coefficient (Wildman–Crippen LogP) is 3.25. The highest BCUT2D eigenvalue weighted by molar-refractivity contribution is 6.04. The zero-order chi connectivity index (χ0) is 19.6. The summed E-state index contributed by atoms with van der Waals surface area (Å²) >= 11 is 0. The standard InChI is InChI=1S/C21H23N3O3/c1-13-7-8-19(14(2)9-13)24-12-16(10-20(24)26)21(27)23-18-6-4-5-17(11-18)22-15(3)25/h4-9,11,16H,10,12H2,1-3H3,(H,22,25)(H,23,27)/t16-/m1/s1. The van der Waals surface area contributed by atoms with E-state index in [1.165, 1.54) is 6.92 Å². The first-order chi connectivity index (χ1) is 12.8. The Morgan fingerprint density at radius 1 is 1.04 bits per heavy atom. The van der Waals surface area contributed by atoms with Crippen molar-refractivity contribution in [3.63, 3.8) is 0 Å². The van der Waals surface area contributed by atoms with E-state index >= 15 is 0 Å². The quantitative estimate of drug-likeness (QED) is 0.873. The molecule has 0 radical (unpaired) electrons. The summed E-state index contributed by atoms with van der Waals surface area (Å²) in [5.74, 6) is -0.837. The molecule has 0 saturated carbocycles. The lowest BCUT2D eigenvalue weighted by molar-refractivity contribution is -0.122. The van der Waals surface area contributed by atoms with Crippen LogP contribution in [-0.2, 0) is 14.4 Å². The number of carbonyl (C=O) groups excluding carboxylic acids is 3. The smallest absolute Gasteiger partial charge is 0.229 e. The van der Waals surface area contributed by atoms with Gasteiger partial charge < -0.3 is 15.5 Å². The van der Waals surface area contributed by atoms with E-state index in [1.807, 2.05) is 32.0 Å². The van der Waals surface area contributed by atoms with E-state index < -0.39 is 5.92 Å². The molecule has 1 atom stereocenters.